The van der Waals surface area contributed by atoms with E-state index in [1.165, 1.54) is 18.4 Å². The first-order chi connectivity index (χ1) is 12.4. The minimum Gasteiger partial charge on any atom is -0.465 e. The summed E-state index contributed by atoms with van der Waals surface area (Å²) in [7, 11) is 1.35. The second-order valence-corrected chi connectivity index (χ2v) is 6.73. The number of hydrogen-bond donors (Lipinski definition) is 1. The molecule has 0 bridgehead atoms. The van der Waals surface area contributed by atoms with E-state index >= 15 is 0 Å². The van der Waals surface area contributed by atoms with Gasteiger partial charge in [0.1, 0.15) is 5.69 Å². The van der Waals surface area contributed by atoms with Gasteiger partial charge < -0.3 is 19.5 Å². The van der Waals surface area contributed by atoms with Crippen LogP contribution in [0.4, 0.5) is 5.69 Å². The highest BCUT2D eigenvalue weighted by molar-refractivity contribution is 6.00. The number of aromatic amines is 1. The highest BCUT2D eigenvalue weighted by Crippen LogP contribution is 2.22. The van der Waals surface area contributed by atoms with E-state index in [0.29, 0.717) is 35.6 Å². The lowest BCUT2D eigenvalue weighted by atomic mass is 10.1. The highest BCUT2D eigenvalue weighted by atomic mass is 16.5. The molecule has 0 unspecified atom stereocenters. The van der Waals surface area contributed by atoms with Crippen molar-refractivity contribution in [1.29, 1.82) is 0 Å². The topological polar surface area (TPSA) is 65.6 Å². The first kappa shape index (κ1) is 18.0. The summed E-state index contributed by atoms with van der Waals surface area (Å²) in [4.78, 5) is 32.0. The van der Waals surface area contributed by atoms with Crippen LogP contribution in [0.1, 0.15) is 37.7 Å². The number of aromatic nitrogens is 1. The number of benzene rings is 1. The second kappa shape index (κ2) is 7.23. The maximum absolute atomic E-state index is 12.9. The number of anilines is 1. The molecule has 1 amide bonds. The number of carbonyl (C=O) groups excluding carboxylic acids is 2. The molecular weight excluding hydrogens is 330 g/mol. The summed E-state index contributed by atoms with van der Waals surface area (Å²) in [5, 5.41) is 0. The number of H-pyrrole nitrogens is 1. The van der Waals surface area contributed by atoms with Crippen molar-refractivity contribution in [2.24, 2.45) is 0 Å². The van der Waals surface area contributed by atoms with E-state index in [4.69, 9.17) is 4.74 Å². The van der Waals surface area contributed by atoms with Crippen LogP contribution < -0.4 is 4.90 Å². The summed E-state index contributed by atoms with van der Waals surface area (Å²) in [5.41, 5.74) is 4.67. The van der Waals surface area contributed by atoms with Gasteiger partial charge in [0.15, 0.2) is 0 Å². The Balaban J connectivity index is 1.72. The minimum atomic E-state index is -0.417. The molecule has 1 aromatic heterocycles. The smallest absolute Gasteiger partial charge is 0.339 e. The number of amides is 1. The fourth-order valence-corrected chi connectivity index (χ4v) is 3.52. The van der Waals surface area contributed by atoms with Crippen LogP contribution in [0.15, 0.2) is 24.3 Å². The Morgan fingerprint density at radius 3 is 2.38 bits per heavy atom. The van der Waals surface area contributed by atoms with Crippen molar-refractivity contribution >= 4 is 17.6 Å². The van der Waals surface area contributed by atoms with Crippen LogP contribution >= 0.6 is 0 Å². The lowest BCUT2D eigenvalue weighted by molar-refractivity contribution is 0.0599. The van der Waals surface area contributed by atoms with Gasteiger partial charge in [0.05, 0.1) is 12.7 Å². The number of hydrogen-bond acceptors (Lipinski definition) is 4. The quantitative estimate of drug-likeness (QED) is 0.860. The molecule has 2 heterocycles. The van der Waals surface area contributed by atoms with E-state index in [2.05, 4.69) is 41.1 Å². The Morgan fingerprint density at radius 2 is 1.77 bits per heavy atom. The Labute approximate surface area is 153 Å². The molecule has 0 aliphatic carbocycles. The number of methoxy groups -OCH3 is 1. The van der Waals surface area contributed by atoms with Crippen molar-refractivity contribution in [2.45, 2.75) is 20.8 Å². The molecule has 1 aromatic carbocycles. The predicted octanol–water partition coefficient (Wildman–Crippen LogP) is 2.69. The Hall–Kier alpha value is -2.76. The molecule has 0 radical (unpaired) electrons. The first-order valence-electron chi connectivity index (χ1n) is 8.80. The fourth-order valence-electron chi connectivity index (χ4n) is 3.52. The number of carbonyl (C=O) groups is 2. The maximum Gasteiger partial charge on any atom is 0.339 e. The van der Waals surface area contributed by atoms with E-state index in [1.807, 2.05) is 4.90 Å². The maximum atomic E-state index is 12.9. The number of esters is 1. The average molecular weight is 355 g/mol. The monoisotopic (exact) mass is 355 g/mol. The molecule has 6 heteroatoms. The Bertz CT molecular complexity index is 833. The van der Waals surface area contributed by atoms with Gasteiger partial charge >= 0.3 is 5.97 Å². The third-order valence-electron chi connectivity index (χ3n) is 4.97. The molecular formula is C20H25N3O3. The molecule has 0 atom stereocenters. The van der Waals surface area contributed by atoms with E-state index in [1.54, 1.807) is 13.8 Å². The summed E-state index contributed by atoms with van der Waals surface area (Å²) in [6.07, 6.45) is 0. The molecule has 138 valence electrons. The average Bonchev–Trinajstić information content (AvgIpc) is 2.95. The van der Waals surface area contributed by atoms with Gasteiger partial charge in [0.2, 0.25) is 0 Å². The molecule has 1 N–H and O–H groups in total. The van der Waals surface area contributed by atoms with Crippen molar-refractivity contribution in [3.63, 3.8) is 0 Å². The lowest BCUT2D eigenvalue weighted by Gasteiger charge is -2.36. The van der Waals surface area contributed by atoms with Crippen molar-refractivity contribution < 1.29 is 14.3 Å². The number of nitrogens with one attached hydrogen (secondary N) is 1. The van der Waals surface area contributed by atoms with Crippen LogP contribution in [0.5, 0.6) is 0 Å². The molecule has 1 fully saturated rings. The largest absolute Gasteiger partial charge is 0.465 e. The number of aryl methyl sites for hydroxylation is 2. The molecule has 6 nitrogen and oxygen atoms in total. The van der Waals surface area contributed by atoms with Crippen LogP contribution in [0.25, 0.3) is 0 Å². The zero-order valence-electron chi connectivity index (χ0n) is 15.8. The SMILES string of the molecule is COC(=O)c1c(C)[nH]c(C(=O)N2CCN(c3cccc(C)c3)CC2)c1C. The molecule has 1 aliphatic rings. The van der Waals surface area contributed by atoms with Crippen molar-refractivity contribution in [1.82, 2.24) is 9.88 Å². The standard InChI is InChI=1S/C20H25N3O3/c1-13-6-5-7-16(12-13)22-8-10-23(11-9-22)19(24)18-14(2)17(15(3)21-18)20(25)26-4/h5-7,12,21H,8-11H2,1-4H3. The molecule has 26 heavy (non-hydrogen) atoms. The van der Waals surface area contributed by atoms with Gasteiger partial charge in [-0.15, -0.1) is 0 Å². The van der Waals surface area contributed by atoms with Crippen LogP contribution in [0, 0.1) is 20.8 Å². The number of rotatable bonds is 3. The highest BCUT2D eigenvalue weighted by Gasteiger charge is 2.28. The van der Waals surface area contributed by atoms with Gasteiger partial charge in [-0.1, -0.05) is 12.1 Å². The number of piperazine rings is 1. The van der Waals surface area contributed by atoms with E-state index in [9.17, 15) is 9.59 Å². The molecule has 2 aromatic rings. The Morgan fingerprint density at radius 1 is 1.08 bits per heavy atom. The number of ether oxygens (including phenoxy) is 1. The van der Waals surface area contributed by atoms with Gasteiger partial charge in [-0.25, -0.2) is 4.79 Å². The first-order valence-corrected chi connectivity index (χ1v) is 8.80. The molecule has 0 spiro atoms. The third-order valence-corrected chi connectivity index (χ3v) is 4.97. The van der Waals surface area contributed by atoms with Crippen LogP contribution in [0.3, 0.4) is 0 Å². The van der Waals surface area contributed by atoms with Gasteiger partial charge in [-0.05, 0) is 44.0 Å². The van der Waals surface area contributed by atoms with E-state index in [-0.39, 0.29) is 5.91 Å². The van der Waals surface area contributed by atoms with Gasteiger partial charge in [0, 0.05) is 37.6 Å². The van der Waals surface area contributed by atoms with Gasteiger partial charge in [-0.3, -0.25) is 4.79 Å². The zero-order valence-corrected chi connectivity index (χ0v) is 15.8. The lowest BCUT2D eigenvalue weighted by Crippen LogP contribution is -2.49. The van der Waals surface area contributed by atoms with Crippen LogP contribution in [-0.2, 0) is 4.74 Å². The Kier molecular flexibility index (Phi) is 5.02. The molecule has 0 saturated carbocycles. The van der Waals surface area contributed by atoms with Crippen molar-refractivity contribution in [3.05, 3.63) is 52.3 Å². The molecule has 1 saturated heterocycles. The fraction of sp³-hybridized carbons (Fsp3) is 0.400. The van der Waals surface area contributed by atoms with Crippen molar-refractivity contribution in [2.75, 3.05) is 38.2 Å². The van der Waals surface area contributed by atoms with Crippen molar-refractivity contribution in [3.8, 4) is 0 Å². The normalized spacial score (nSPS) is 14.5. The van der Waals surface area contributed by atoms with Gasteiger partial charge in [-0.2, -0.15) is 0 Å². The van der Waals surface area contributed by atoms with E-state index < -0.39 is 5.97 Å². The second-order valence-electron chi connectivity index (χ2n) is 6.73. The summed E-state index contributed by atoms with van der Waals surface area (Å²) in [5.74, 6) is -0.482. The number of nitrogens with zero attached hydrogens (tertiary/aromatic N) is 2. The molecule has 3 rings (SSSR count). The predicted molar refractivity (Wildman–Crippen MR) is 101 cm³/mol. The summed E-state index contributed by atoms with van der Waals surface area (Å²) in [6, 6.07) is 8.41. The van der Waals surface area contributed by atoms with Gasteiger partial charge in [0.25, 0.3) is 5.91 Å². The minimum absolute atomic E-state index is 0.0651. The van der Waals surface area contributed by atoms with Crippen LogP contribution in [-0.4, -0.2) is 55.0 Å². The molecule has 1 aliphatic heterocycles. The van der Waals surface area contributed by atoms with Crippen LogP contribution in [0.2, 0.25) is 0 Å². The summed E-state index contributed by atoms with van der Waals surface area (Å²) in [6.45, 7) is 8.53. The zero-order chi connectivity index (χ0) is 18.8. The summed E-state index contributed by atoms with van der Waals surface area (Å²) < 4.78 is 4.82. The van der Waals surface area contributed by atoms with E-state index in [0.717, 1.165) is 13.1 Å². The summed E-state index contributed by atoms with van der Waals surface area (Å²) >= 11 is 0. The third kappa shape index (κ3) is 3.31.